The second-order valence-corrected chi connectivity index (χ2v) is 7.57. The van der Waals surface area contributed by atoms with E-state index in [9.17, 15) is 13.6 Å². The normalized spacial score (nSPS) is 14.0. The molecule has 1 fully saturated rings. The lowest BCUT2D eigenvalue weighted by atomic mass is 10.1. The molecule has 0 radical (unpaired) electrons. The molecule has 0 unspecified atom stereocenters. The fraction of sp³-hybridized carbons (Fsp3) is 0.455. The molecule has 0 aliphatic heterocycles. The Kier molecular flexibility index (Phi) is 6.22. The van der Waals surface area contributed by atoms with Crippen molar-refractivity contribution in [2.24, 2.45) is 0 Å². The number of nitrogens with zero attached hydrogens (tertiary/aromatic N) is 1. The van der Waals surface area contributed by atoms with E-state index in [1.807, 2.05) is 13.8 Å². The summed E-state index contributed by atoms with van der Waals surface area (Å²) in [5.74, 6) is 0.231. The Bertz CT molecular complexity index is 1100. The number of fused-ring (bicyclic) bond motifs is 1. The number of ether oxygens (including phenoxy) is 3. The van der Waals surface area contributed by atoms with Gasteiger partial charge in [-0.2, -0.15) is 13.9 Å². The maximum absolute atomic E-state index is 12.8. The molecule has 2 heterocycles. The lowest BCUT2D eigenvalue weighted by Crippen LogP contribution is -2.12. The standard InChI is InChI=1S/C22H25F2N3O4/c1-3-13(4-2)29-11-15-19-16(10-25-27-21(19)28)26-20(15)12-5-8-17(31-22(23)24)18(9-12)30-14-6-7-14/h5,8-10,13-14,22,26H,3-4,6-7,11H2,1-2H3,(H,27,28). The van der Waals surface area contributed by atoms with Crippen LogP contribution in [0.2, 0.25) is 0 Å². The summed E-state index contributed by atoms with van der Waals surface area (Å²) in [7, 11) is 0. The topological polar surface area (TPSA) is 89.2 Å². The number of alkyl halides is 2. The first-order valence-corrected chi connectivity index (χ1v) is 10.5. The Morgan fingerprint density at radius 1 is 1.19 bits per heavy atom. The van der Waals surface area contributed by atoms with Gasteiger partial charge in [-0.05, 0) is 43.9 Å². The summed E-state index contributed by atoms with van der Waals surface area (Å²) < 4.78 is 42.1. The molecule has 9 heteroatoms. The first-order chi connectivity index (χ1) is 15.0. The number of aromatic amines is 2. The molecule has 0 bridgehead atoms. The molecule has 2 aromatic heterocycles. The highest BCUT2D eigenvalue weighted by atomic mass is 19.3. The van der Waals surface area contributed by atoms with Crippen molar-refractivity contribution in [2.75, 3.05) is 0 Å². The maximum Gasteiger partial charge on any atom is 0.387 e. The second kappa shape index (κ2) is 9.05. The largest absolute Gasteiger partial charge is 0.487 e. The molecule has 1 aromatic carbocycles. The minimum atomic E-state index is -2.95. The predicted octanol–water partition coefficient (Wildman–Crippen LogP) is 4.77. The second-order valence-electron chi connectivity index (χ2n) is 7.57. The summed E-state index contributed by atoms with van der Waals surface area (Å²) in [6.45, 7) is 1.37. The van der Waals surface area contributed by atoms with Gasteiger partial charge in [-0.3, -0.25) is 4.79 Å². The van der Waals surface area contributed by atoms with E-state index >= 15 is 0 Å². The molecule has 1 aliphatic carbocycles. The maximum atomic E-state index is 12.8. The third-order valence-corrected chi connectivity index (χ3v) is 5.36. The van der Waals surface area contributed by atoms with Crippen LogP contribution in [0, 0.1) is 0 Å². The first-order valence-electron chi connectivity index (χ1n) is 10.5. The fourth-order valence-corrected chi connectivity index (χ4v) is 3.56. The molecule has 0 saturated heterocycles. The van der Waals surface area contributed by atoms with Crippen molar-refractivity contribution in [1.29, 1.82) is 0 Å². The Labute approximate surface area is 177 Å². The highest BCUT2D eigenvalue weighted by Crippen LogP contribution is 2.39. The molecule has 0 atom stereocenters. The zero-order chi connectivity index (χ0) is 22.0. The Balaban J connectivity index is 1.78. The summed E-state index contributed by atoms with van der Waals surface area (Å²) in [6.07, 6.45) is 5.06. The van der Waals surface area contributed by atoms with E-state index in [-0.39, 0.29) is 35.9 Å². The summed E-state index contributed by atoms with van der Waals surface area (Å²) in [5, 5.41) is 6.79. The number of rotatable bonds is 10. The van der Waals surface area contributed by atoms with Crippen molar-refractivity contribution in [3.8, 4) is 22.8 Å². The molecule has 2 N–H and O–H groups in total. The van der Waals surface area contributed by atoms with Crippen LogP contribution < -0.4 is 15.0 Å². The van der Waals surface area contributed by atoms with E-state index in [0.717, 1.165) is 25.7 Å². The molecule has 4 rings (SSSR count). The van der Waals surface area contributed by atoms with Gasteiger partial charge >= 0.3 is 6.61 Å². The van der Waals surface area contributed by atoms with Crippen LogP contribution in [0.15, 0.2) is 29.2 Å². The van der Waals surface area contributed by atoms with Gasteiger partial charge in [-0.15, -0.1) is 0 Å². The van der Waals surface area contributed by atoms with Crippen LogP contribution in [0.5, 0.6) is 11.5 Å². The van der Waals surface area contributed by atoms with Gasteiger partial charge in [0, 0.05) is 11.1 Å². The van der Waals surface area contributed by atoms with Gasteiger partial charge in [0.05, 0.1) is 41.6 Å². The number of nitrogens with one attached hydrogen (secondary N) is 2. The Morgan fingerprint density at radius 3 is 2.65 bits per heavy atom. The van der Waals surface area contributed by atoms with Gasteiger partial charge in [-0.1, -0.05) is 13.8 Å². The molecule has 7 nitrogen and oxygen atoms in total. The average molecular weight is 433 g/mol. The van der Waals surface area contributed by atoms with Crippen molar-refractivity contribution in [1.82, 2.24) is 15.2 Å². The minimum absolute atomic E-state index is 0.00250. The zero-order valence-corrected chi connectivity index (χ0v) is 17.4. The molecular formula is C22H25F2N3O4. The highest BCUT2D eigenvalue weighted by Gasteiger charge is 2.26. The van der Waals surface area contributed by atoms with Gasteiger partial charge in [0.25, 0.3) is 5.56 Å². The van der Waals surface area contributed by atoms with E-state index in [1.165, 1.54) is 12.3 Å². The lowest BCUT2D eigenvalue weighted by Gasteiger charge is -2.16. The molecule has 166 valence electrons. The van der Waals surface area contributed by atoms with Crippen LogP contribution in [-0.2, 0) is 11.3 Å². The van der Waals surface area contributed by atoms with Crippen molar-refractivity contribution < 1.29 is 23.0 Å². The number of hydrogen-bond donors (Lipinski definition) is 2. The van der Waals surface area contributed by atoms with Crippen molar-refractivity contribution in [2.45, 2.75) is 65.0 Å². The summed E-state index contributed by atoms with van der Waals surface area (Å²) in [6, 6.07) is 4.77. The molecule has 3 aromatic rings. The molecule has 0 spiro atoms. The fourth-order valence-electron chi connectivity index (χ4n) is 3.56. The Hall–Kier alpha value is -2.94. The summed E-state index contributed by atoms with van der Waals surface area (Å²) in [5.41, 5.74) is 2.26. The van der Waals surface area contributed by atoms with E-state index < -0.39 is 6.61 Å². The van der Waals surface area contributed by atoms with Crippen LogP contribution in [0.3, 0.4) is 0 Å². The van der Waals surface area contributed by atoms with Gasteiger partial charge < -0.3 is 19.2 Å². The van der Waals surface area contributed by atoms with E-state index in [0.29, 0.717) is 27.7 Å². The van der Waals surface area contributed by atoms with Crippen molar-refractivity contribution in [3.63, 3.8) is 0 Å². The van der Waals surface area contributed by atoms with Crippen molar-refractivity contribution in [3.05, 3.63) is 40.3 Å². The van der Waals surface area contributed by atoms with Gasteiger partial charge in [-0.25, -0.2) is 5.10 Å². The van der Waals surface area contributed by atoms with E-state index in [1.54, 1.807) is 12.1 Å². The number of aromatic nitrogens is 3. The quantitative estimate of drug-likeness (QED) is 0.481. The molecule has 1 aliphatic rings. The predicted molar refractivity (Wildman–Crippen MR) is 112 cm³/mol. The molecular weight excluding hydrogens is 408 g/mol. The number of hydrogen-bond acceptors (Lipinski definition) is 5. The highest BCUT2D eigenvalue weighted by molar-refractivity contribution is 5.89. The SMILES string of the molecule is CCC(CC)OCc1c(-c2ccc(OC(F)F)c(OC3CC3)c2)[nH]c2cn[nH]c(=O)c12. The zero-order valence-electron chi connectivity index (χ0n) is 17.4. The monoisotopic (exact) mass is 433 g/mol. The molecule has 1 saturated carbocycles. The van der Waals surface area contributed by atoms with Crippen LogP contribution >= 0.6 is 0 Å². The first kappa shape index (κ1) is 21.3. The Morgan fingerprint density at radius 2 is 1.97 bits per heavy atom. The van der Waals surface area contributed by atoms with Gasteiger partial charge in [0.15, 0.2) is 11.5 Å². The van der Waals surface area contributed by atoms with Crippen LogP contribution in [0.1, 0.15) is 45.1 Å². The molecule has 31 heavy (non-hydrogen) atoms. The number of halogens is 2. The third kappa shape index (κ3) is 4.71. The summed E-state index contributed by atoms with van der Waals surface area (Å²) in [4.78, 5) is 15.7. The third-order valence-electron chi connectivity index (χ3n) is 5.36. The molecule has 0 amide bonds. The van der Waals surface area contributed by atoms with E-state index in [2.05, 4.69) is 19.9 Å². The average Bonchev–Trinajstić information content (AvgIpc) is 3.48. The number of H-pyrrole nitrogens is 2. The van der Waals surface area contributed by atoms with Crippen LogP contribution in [0.25, 0.3) is 22.2 Å². The van der Waals surface area contributed by atoms with E-state index in [4.69, 9.17) is 9.47 Å². The van der Waals surface area contributed by atoms with Crippen LogP contribution in [0.4, 0.5) is 8.78 Å². The summed E-state index contributed by atoms with van der Waals surface area (Å²) >= 11 is 0. The lowest BCUT2D eigenvalue weighted by molar-refractivity contribution is -0.0516. The van der Waals surface area contributed by atoms with Crippen LogP contribution in [-0.4, -0.2) is 34.0 Å². The van der Waals surface area contributed by atoms with Gasteiger partial charge in [0.1, 0.15) is 0 Å². The number of benzene rings is 1. The van der Waals surface area contributed by atoms with Crippen molar-refractivity contribution >= 4 is 10.9 Å². The smallest absolute Gasteiger partial charge is 0.387 e. The van der Waals surface area contributed by atoms with Gasteiger partial charge in [0.2, 0.25) is 0 Å². The minimum Gasteiger partial charge on any atom is -0.487 e.